The van der Waals surface area contributed by atoms with E-state index in [9.17, 15) is 9.59 Å². The molecule has 168 valence electrons. The van der Waals surface area contributed by atoms with Crippen molar-refractivity contribution in [2.24, 2.45) is 0 Å². The number of carbonyl (C=O) groups is 1. The zero-order valence-corrected chi connectivity index (χ0v) is 18.3. The summed E-state index contributed by atoms with van der Waals surface area (Å²) in [4.78, 5) is 28.6. The third kappa shape index (κ3) is 5.08. The molecule has 0 saturated carbocycles. The Labute approximate surface area is 181 Å². The first-order valence-corrected chi connectivity index (χ1v) is 10.9. The summed E-state index contributed by atoms with van der Waals surface area (Å²) in [6.45, 7) is 10.4. The predicted molar refractivity (Wildman–Crippen MR) is 115 cm³/mol. The number of nitrogens with zero attached hydrogens (tertiary/aromatic N) is 2. The Morgan fingerprint density at radius 1 is 1.16 bits per heavy atom. The van der Waals surface area contributed by atoms with Crippen LogP contribution in [0.15, 0.2) is 21.3 Å². The van der Waals surface area contributed by atoms with Crippen LogP contribution in [0.25, 0.3) is 11.0 Å². The molecule has 0 spiro atoms. The topological polar surface area (TPSA) is 81.5 Å². The van der Waals surface area contributed by atoms with Gasteiger partial charge in [0.1, 0.15) is 18.1 Å². The highest BCUT2D eigenvalue weighted by atomic mass is 16.5. The van der Waals surface area contributed by atoms with E-state index in [0.717, 1.165) is 67.2 Å². The summed E-state index contributed by atoms with van der Waals surface area (Å²) >= 11 is 0. The van der Waals surface area contributed by atoms with Crippen molar-refractivity contribution in [1.82, 2.24) is 9.80 Å². The van der Waals surface area contributed by atoms with Crippen molar-refractivity contribution in [3.8, 4) is 5.75 Å². The van der Waals surface area contributed by atoms with Gasteiger partial charge in [-0.25, -0.2) is 4.79 Å². The molecule has 2 aliphatic rings. The minimum atomic E-state index is -0.364. The maximum atomic E-state index is 12.1. The molecule has 0 unspecified atom stereocenters. The van der Waals surface area contributed by atoms with Gasteiger partial charge in [-0.15, -0.1) is 0 Å². The van der Waals surface area contributed by atoms with Crippen LogP contribution in [-0.4, -0.2) is 68.5 Å². The van der Waals surface area contributed by atoms with Crippen LogP contribution in [-0.2, 0) is 27.2 Å². The maximum absolute atomic E-state index is 12.1. The van der Waals surface area contributed by atoms with Crippen molar-refractivity contribution >= 4 is 16.9 Å². The molecule has 4 rings (SSSR count). The molecule has 8 heteroatoms. The molecule has 8 nitrogen and oxygen atoms in total. The van der Waals surface area contributed by atoms with Gasteiger partial charge in [0.2, 0.25) is 0 Å². The second kappa shape index (κ2) is 9.80. The van der Waals surface area contributed by atoms with Crippen LogP contribution in [0.1, 0.15) is 30.0 Å². The standard InChI is InChI=1S/C23H30N2O6/c1-3-29-20(26)5-4-17-13-18-16(2)12-21(27)31-23(18)19-14-25(15-30-22(17)19)7-6-24-8-10-28-11-9-24/h12-13H,3-11,14-15H2,1-2H3. The number of fused-ring (bicyclic) bond motifs is 3. The lowest BCUT2D eigenvalue weighted by Gasteiger charge is -2.33. The number of hydrogen-bond acceptors (Lipinski definition) is 8. The highest BCUT2D eigenvalue weighted by Gasteiger charge is 2.26. The lowest BCUT2D eigenvalue weighted by molar-refractivity contribution is -0.143. The summed E-state index contributed by atoms with van der Waals surface area (Å²) < 4.78 is 22.3. The number of hydrogen-bond donors (Lipinski definition) is 0. The number of aryl methyl sites for hydroxylation is 2. The largest absolute Gasteiger partial charge is 0.477 e. The maximum Gasteiger partial charge on any atom is 0.336 e. The zero-order chi connectivity index (χ0) is 21.8. The lowest BCUT2D eigenvalue weighted by atomic mass is 9.97. The van der Waals surface area contributed by atoms with Crippen LogP contribution in [0.5, 0.6) is 5.75 Å². The molecule has 1 saturated heterocycles. The van der Waals surface area contributed by atoms with Gasteiger partial charge in [0, 0.05) is 50.6 Å². The number of carbonyl (C=O) groups excluding carboxylic acids is 1. The first-order chi connectivity index (χ1) is 15.0. The Kier molecular flexibility index (Phi) is 6.89. The first kappa shape index (κ1) is 21.8. The first-order valence-electron chi connectivity index (χ1n) is 10.9. The molecule has 1 fully saturated rings. The predicted octanol–water partition coefficient (Wildman–Crippen LogP) is 2.08. The molecular formula is C23H30N2O6. The summed E-state index contributed by atoms with van der Waals surface area (Å²) in [5.41, 5.74) is 2.90. The van der Waals surface area contributed by atoms with Crippen molar-refractivity contribution in [1.29, 1.82) is 0 Å². The molecule has 0 bridgehead atoms. The van der Waals surface area contributed by atoms with E-state index in [4.69, 9.17) is 18.6 Å². The van der Waals surface area contributed by atoms with E-state index < -0.39 is 0 Å². The van der Waals surface area contributed by atoms with Gasteiger partial charge in [-0.1, -0.05) is 0 Å². The van der Waals surface area contributed by atoms with Gasteiger partial charge in [0.25, 0.3) is 0 Å². The van der Waals surface area contributed by atoms with Crippen molar-refractivity contribution in [2.75, 3.05) is 52.7 Å². The van der Waals surface area contributed by atoms with Gasteiger partial charge in [0.05, 0.1) is 25.4 Å². The van der Waals surface area contributed by atoms with Crippen LogP contribution in [0.3, 0.4) is 0 Å². The third-order valence-electron chi connectivity index (χ3n) is 5.88. The highest BCUT2D eigenvalue weighted by molar-refractivity contribution is 5.86. The highest BCUT2D eigenvalue weighted by Crippen LogP contribution is 2.37. The van der Waals surface area contributed by atoms with Gasteiger partial charge in [-0.3, -0.25) is 14.6 Å². The number of rotatable bonds is 7. The molecule has 0 radical (unpaired) electrons. The van der Waals surface area contributed by atoms with Crippen molar-refractivity contribution < 1.29 is 23.4 Å². The van der Waals surface area contributed by atoms with Crippen LogP contribution >= 0.6 is 0 Å². The Morgan fingerprint density at radius 2 is 1.94 bits per heavy atom. The Bertz CT molecular complexity index is 996. The van der Waals surface area contributed by atoms with Crippen molar-refractivity contribution in [3.63, 3.8) is 0 Å². The second-order valence-corrected chi connectivity index (χ2v) is 8.05. The Morgan fingerprint density at radius 3 is 2.71 bits per heavy atom. The molecule has 0 N–H and O–H groups in total. The normalized spacial score (nSPS) is 17.4. The SMILES string of the molecule is CCOC(=O)CCc1cc2c(C)cc(=O)oc2c2c1OCN(CCN1CCOCC1)C2. The molecule has 1 aromatic heterocycles. The van der Waals surface area contributed by atoms with Gasteiger partial charge >= 0.3 is 11.6 Å². The number of ether oxygens (including phenoxy) is 3. The van der Waals surface area contributed by atoms with Crippen LogP contribution in [0.2, 0.25) is 0 Å². The number of morpholine rings is 1. The fourth-order valence-electron chi connectivity index (χ4n) is 4.21. The lowest BCUT2D eigenvalue weighted by Crippen LogP contribution is -2.43. The summed E-state index contributed by atoms with van der Waals surface area (Å²) in [7, 11) is 0. The van der Waals surface area contributed by atoms with E-state index in [1.807, 2.05) is 13.0 Å². The molecule has 0 atom stereocenters. The summed E-state index contributed by atoms with van der Waals surface area (Å²) in [5.74, 6) is 0.504. The summed E-state index contributed by atoms with van der Waals surface area (Å²) in [5, 5.41) is 0.885. The van der Waals surface area contributed by atoms with E-state index >= 15 is 0 Å². The Hall–Kier alpha value is -2.42. The average molecular weight is 431 g/mol. The molecule has 2 aromatic rings. The molecule has 1 aromatic carbocycles. The van der Waals surface area contributed by atoms with Gasteiger partial charge in [-0.2, -0.15) is 0 Å². The van der Waals surface area contributed by atoms with E-state index in [0.29, 0.717) is 31.9 Å². The molecule has 31 heavy (non-hydrogen) atoms. The number of benzene rings is 1. The third-order valence-corrected chi connectivity index (χ3v) is 5.88. The summed E-state index contributed by atoms with van der Waals surface area (Å²) in [6.07, 6.45) is 0.801. The smallest absolute Gasteiger partial charge is 0.336 e. The van der Waals surface area contributed by atoms with Gasteiger partial charge < -0.3 is 18.6 Å². The molecule has 0 aliphatic carbocycles. The van der Waals surface area contributed by atoms with Gasteiger partial charge in [-0.05, 0) is 37.5 Å². The fraction of sp³-hybridized carbons (Fsp3) is 0.565. The molecule has 3 heterocycles. The fourth-order valence-corrected chi connectivity index (χ4v) is 4.21. The van der Waals surface area contributed by atoms with Crippen LogP contribution in [0, 0.1) is 6.92 Å². The Balaban J connectivity index is 1.59. The quantitative estimate of drug-likeness (QED) is 0.488. The zero-order valence-electron chi connectivity index (χ0n) is 18.3. The van der Waals surface area contributed by atoms with E-state index in [1.165, 1.54) is 6.07 Å². The summed E-state index contributed by atoms with van der Waals surface area (Å²) in [6, 6.07) is 3.48. The average Bonchev–Trinajstić information content (AvgIpc) is 2.77. The number of esters is 1. The minimum Gasteiger partial charge on any atom is -0.477 e. The minimum absolute atomic E-state index is 0.226. The van der Waals surface area contributed by atoms with Gasteiger partial charge in [0.15, 0.2) is 0 Å². The van der Waals surface area contributed by atoms with Crippen LogP contribution < -0.4 is 10.4 Å². The monoisotopic (exact) mass is 430 g/mol. The van der Waals surface area contributed by atoms with Crippen molar-refractivity contribution in [2.45, 2.75) is 33.2 Å². The molecular weight excluding hydrogens is 400 g/mol. The van der Waals surface area contributed by atoms with E-state index in [2.05, 4.69) is 9.80 Å². The van der Waals surface area contributed by atoms with E-state index in [1.54, 1.807) is 6.92 Å². The molecule has 2 aliphatic heterocycles. The van der Waals surface area contributed by atoms with Crippen LogP contribution in [0.4, 0.5) is 0 Å². The molecule has 0 amide bonds. The van der Waals surface area contributed by atoms with E-state index in [-0.39, 0.29) is 18.0 Å². The van der Waals surface area contributed by atoms with Crippen molar-refractivity contribution in [3.05, 3.63) is 39.2 Å². The second-order valence-electron chi connectivity index (χ2n) is 8.05.